The first-order valence-electron chi connectivity index (χ1n) is 9.83. The highest BCUT2D eigenvalue weighted by atomic mass is 16.5. The van der Waals surface area contributed by atoms with E-state index in [-0.39, 0.29) is 17.6 Å². The molecule has 1 N–H and O–H groups in total. The normalized spacial score (nSPS) is 17.9. The Labute approximate surface area is 181 Å². The van der Waals surface area contributed by atoms with Gasteiger partial charge in [0.1, 0.15) is 5.92 Å². The highest BCUT2D eigenvalue weighted by Gasteiger charge is 2.44. The van der Waals surface area contributed by atoms with Gasteiger partial charge in [0.2, 0.25) is 0 Å². The number of hydrogen-bond donors (Lipinski definition) is 1. The van der Waals surface area contributed by atoms with Crippen molar-refractivity contribution in [1.29, 1.82) is 0 Å². The summed E-state index contributed by atoms with van der Waals surface area (Å²) in [5, 5.41) is 10.1. The van der Waals surface area contributed by atoms with E-state index in [1.807, 2.05) is 13.8 Å². The number of methoxy groups -OCH3 is 3. The fraction of sp³-hybridized carbons (Fsp3) is 0.391. The van der Waals surface area contributed by atoms with Crippen molar-refractivity contribution < 1.29 is 33.6 Å². The molecule has 0 unspecified atom stereocenters. The minimum absolute atomic E-state index is 0.0558. The third-order valence-corrected chi connectivity index (χ3v) is 5.33. The van der Waals surface area contributed by atoms with E-state index in [2.05, 4.69) is 0 Å². The molecule has 0 aromatic heterocycles. The molecule has 2 aromatic rings. The van der Waals surface area contributed by atoms with Gasteiger partial charge in [-0.05, 0) is 49.2 Å². The molecule has 166 valence electrons. The first kappa shape index (κ1) is 22.3. The SMILES string of the molecule is COc1cc2c(cc1OC)[C@@H](C(=O)O)[C@H](c1ccc(OC(C)C)c(OC)c1)N(C)C2=O. The molecular formula is C23H27NO7. The molecule has 31 heavy (non-hydrogen) atoms. The predicted molar refractivity (Wildman–Crippen MR) is 114 cm³/mol. The third kappa shape index (κ3) is 3.97. The summed E-state index contributed by atoms with van der Waals surface area (Å²) < 4.78 is 21.9. The molecule has 1 aliphatic rings. The molecule has 2 aromatic carbocycles. The number of fused-ring (bicyclic) bond motifs is 1. The number of amides is 1. The molecular weight excluding hydrogens is 402 g/mol. The fourth-order valence-electron chi connectivity index (χ4n) is 3.95. The Morgan fingerprint density at radius 3 is 2.10 bits per heavy atom. The van der Waals surface area contributed by atoms with Crippen molar-refractivity contribution in [2.75, 3.05) is 28.4 Å². The second-order valence-electron chi connectivity index (χ2n) is 7.55. The topological polar surface area (TPSA) is 94.5 Å². The predicted octanol–water partition coefficient (Wildman–Crippen LogP) is 3.49. The van der Waals surface area contributed by atoms with Crippen LogP contribution >= 0.6 is 0 Å². The van der Waals surface area contributed by atoms with Crippen LogP contribution < -0.4 is 18.9 Å². The lowest BCUT2D eigenvalue weighted by molar-refractivity contribution is -0.140. The Hall–Kier alpha value is -3.42. The zero-order chi connectivity index (χ0) is 22.9. The average molecular weight is 429 g/mol. The van der Waals surface area contributed by atoms with Crippen molar-refractivity contribution in [3.8, 4) is 23.0 Å². The maximum atomic E-state index is 13.2. The number of rotatable bonds is 7. The summed E-state index contributed by atoms with van der Waals surface area (Å²) in [5.74, 6) is -0.637. The highest BCUT2D eigenvalue weighted by molar-refractivity contribution is 6.01. The summed E-state index contributed by atoms with van der Waals surface area (Å²) in [6, 6.07) is 7.55. The summed E-state index contributed by atoms with van der Waals surface area (Å²) in [7, 11) is 6.04. The molecule has 1 aliphatic heterocycles. The van der Waals surface area contributed by atoms with Crippen LogP contribution in [0.1, 0.15) is 47.3 Å². The number of likely N-dealkylation sites (N-methyl/N-ethyl adjacent to an activating group) is 1. The highest BCUT2D eigenvalue weighted by Crippen LogP contribution is 2.46. The molecule has 8 nitrogen and oxygen atoms in total. The molecule has 8 heteroatoms. The Morgan fingerprint density at radius 1 is 0.968 bits per heavy atom. The van der Waals surface area contributed by atoms with Gasteiger partial charge in [-0.2, -0.15) is 0 Å². The number of carboxylic acid groups (broad SMARTS) is 1. The van der Waals surface area contributed by atoms with Gasteiger partial charge in [-0.1, -0.05) is 6.07 Å². The Balaban J connectivity index is 2.17. The average Bonchev–Trinajstić information content (AvgIpc) is 2.74. The van der Waals surface area contributed by atoms with Crippen molar-refractivity contribution in [3.05, 3.63) is 47.0 Å². The summed E-state index contributed by atoms with van der Waals surface area (Å²) in [6.45, 7) is 3.81. The molecule has 0 spiro atoms. The molecule has 0 bridgehead atoms. The van der Waals surface area contributed by atoms with E-state index < -0.39 is 17.9 Å². The van der Waals surface area contributed by atoms with Crippen molar-refractivity contribution >= 4 is 11.9 Å². The number of hydrogen-bond acceptors (Lipinski definition) is 6. The van der Waals surface area contributed by atoms with Crippen molar-refractivity contribution in [2.45, 2.75) is 31.9 Å². The fourth-order valence-corrected chi connectivity index (χ4v) is 3.95. The molecule has 0 aliphatic carbocycles. The molecule has 1 heterocycles. The summed E-state index contributed by atoms with van der Waals surface area (Å²) in [6.07, 6.45) is -0.0558. The third-order valence-electron chi connectivity index (χ3n) is 5.33. The molecule has 1 amide bonds. The van der Waals surface area contributed by atoms with Gasteiger partial charge in [0, 0.05) is 12.6 Å². The van der Waals surface area contributed by atoms with Gasteiger partial charge in [0.05, 0.1) is 33.5 Å². The minimum atomic E-state index is -1.06. The van der Waals surface area contributed by atoms with Crippen molar-refractivity contribution in [1.82, 2.24) is 4.90 Å². The van der Waals surface area contributed by atoms with E-state index in [0.717, 1.165) is 0 Å². The van der Waals surface area contributed by atoms with Crippen LogP contribution in [0.25, 0.3) is 0 Å². The molecule has 2 atom stereocenters. The van der Waals surface area contributed by atoms with Crippen LogP contribution in [0.4, 0.5) is 0 Å². The lowest BCUT2D eigenvalue weighted by atomic mass is 9.79. The van der Waals surface area contributed by atoms with Gasteiger partial charge in [0.15, 0.2) is 23.0 Å². The van der Waals surface area contributed by atoms with Gasteiger partial charge < -0.3 is 29.0 Å². The number of ether oxygens (including phenoxy) is 4. The van der Waals surface area contributed by atoms with Crippen LogP contribution in [0.3, 0.4) is 0 Å². The Kier molecular flexibility index (Phi) is 6.29. The van der Waals surface area contributed by atoms with Crippen LogP contribution in [-0.2, 0) is 4.79 Å². The number of carboxylic acids is 1. The number of aliphatic carboxylic acids is 1. The Morgan fingerprint density at radius 2 is 1.55 bits per heavy atom. The van der Waals surface area contributed by atoms with Crippen molar-refractivity contribution in [2.24, 2.45) is 0 Å². The molecule has 3 rings (SSSR count). The molecule has 0 saturated heterocycles. The number of nitrogens with zero attached hydrogens (tertiary/aromatic N) is 1. The summed E-state index contributed by atoms with van der Waals surface area (Å²) in [5.41, 5.74) is 1.27. The number of benzene rings is 2. The summed E-state index contributed by atoms with van der Waals surface area (Å²) in [4.78, 5) is 27.0. The molecule has 0 radical (unpaired) electrons. The quantitative estimate of drug-likeness (QED) is 0.720. The zero-order valence-electron chi connectivity index (χ0n) is 18.5. The monoisotopic (exact) mass is 429 g/mol. The van der Waals surface area contributed by atoms with E-state index >= 15 is 0 Å². The van der Waals surface area contributed by atoms with Gasteiger partial charge in [0.25, 0.3) is 5.91 Å². The van der Waals surface area contributed by atoms with E-state index in [9.17, 15) is 14.7 Å². The largest absolute Gasteiger partial charge is 0.493 e. The maximum Gasteiger partial charge on any atom is 0.313 e. The number of carbonyl (C=O) groups excluding carboxylic acids is 1. The Bertz CT molecular complexity index is 1000. The van der Waals surface area contributed by atoms with E-state index in [4.69, 9.17) is 18.9 Å². The van der Waals surface area contributed by atoms with Crippen LogP contribution in [0.5, 0.6) is 23.0 Å². The second kappa shape index (κ2) is 8.75. The first-order valence-corrected chi connectivity index (χ1v) is 9.83. The van der Waals surface area contributed by atoms with E-state index in [0.29, 0.717) is 34.1 Å². The molecule has 0 saturated carbocycles. The zero-order valence-corrected chi connectivity index (χ0v) is 18.5. The first-order chi connectivity index (χ1) is 14.7. The van der Waals surface area contributed by atoms with Gasteiger partial charge in [-0.3, -0.25) is 9.59 Å². The van der Waals surface area contributed by atoms with Crippen LogP contribution in [0, 0.1) is 0 Å². The van der Waals surface area contributed by atoms with Crippen LogP contribution in [0.15, 0.2) is 30.3 Å². The smallest absolute Gasteiger partial charge is 0.313 e. The van der Waals surface area contributed by atoms with Gasteiger partial charge in [-0.15, -0.1) is 0 Å². The number of carbonyl (C=O) groups is 2. The lowest BCUT2D eigenvalue weighted by Crippen LogP contribution is -2.42. The summed E-state index contributed by atoms with van der Waals surface area (Å²) >= 11 is 0. The van der Waals surface area contributed by atoms with E-state index in [1.165, 1.54) is 32.3 Å². The lowest BCUT2D eigenvalue weighted by Gasteiger charge is -2.39. The maximum absolute atomic E-state index is 13.2. The van der Waals surface area contributed by atoms with Crippen LogP contribution in [-0.4, -0.2) is 56.4 Å². The molecule has 0 fully saturated rings. The standard InChI is InChI=1S/C23H27NO7/c1-12(2)31-16-8-7-13(9-17(16)28-4)21-20(23(26)27)14-10-18(29-5)19(30-6)11-15(14)22(25)24(21)3/h7-12,20-21H,1-6H3,(H,26,27)/t20-,21+/m1/s1. The van der Waals surface area contributed by atoms with Gasteiger partial charge in [-0.25, -0.2) is 0 Å². The van der Waals surface area contributed by atoms with E-state index in [1.54, 1.807) is 31.3 Å². The van der Waals surface area contributed by atoms with Crippen molar-refractivity contribution in [3.63, 3.8) is 0 Å². The minimum Gasteiger partial charge on any atom is -0.493 e. The van der Waals surface area contributed by atoms with Gasteiger partial charge >= 0.3 is 5.97 Å². The second-order valence-corrected chi connectivity index (χ2v) is 7.55. The van der Waals surface area contributed by atoms with Crippen LogP contribution in [0.2, 0.25) is 0 Å².